The molecule has 3 heteroatoms. The van der Waals surface area contributed by atoms with Crippen molar-refractivity contribution in [2.75, 3.05) is 0 Å². The van der Waals surface area contributed by atoms with Gasteiger partial charge in [-0.05, 0) is 18.9 Å². The summed E-state index contributed by atoms with van der Waals surface area (Å²) in [6.45, 7) is 3.72. The highest BCUT2D eigenvalue weighted by Gasteiger charge is 2.16. The molecule has 0 aliphatic rings. The molecule has 1 aromatic rings. The van der Waals surface area contributed by atoms with E-state index in [1.165, 1.54) is 6.26 Å². The molecule has 0 spiro atoms. The Bertz CT molecular complexity index is 278. The average molecular weight is 167 g/mol. The number of aryl methyl sites for hydroxylation is 1. The number of furan rings is 1. The zero-order chi connectivity index (χ0) is 9.14. The number of nitrogens with two attached hydrogens (primary N) is 1. The van der Waals surface area contributed by atoms with Gasteiger partial charge in [0.2, 0.25) is 0 Å². The van der Waals surface area contributed by atoms with Crippen molar-refractivity contribution in [1.29, 1.82) is 0 Å². The number of ketones is 1. The summed E-state index contributed by atoms with van der Waals surface area (Å²) in [5.41, 5.74) is 7.04. The smallest absolute Gasteiger partial charge is 0.182 e. The Morgan fingerprint density at radius 1 is 1.67 bits per heavy atom. The fourth-order valence-corrected chi connectivity index (χ4v) is 0.998. The fraction of sp³-hybridized carbons (Fsp3) is 0.444. The van der Waals surface area contributed by atoms with E-state index in [0.717, 1.165) is 5.56 Å². The first-order chi connectivity index (χ1) is 5.66. The van der Waals surface area contributed by atoms with Gasteiger partial charge in [-0.1, -0.05) is 6.92 Å². The lowest BCUT2D eigenvalue weighted by atomic mass is 10.0. The highest BCUT2D eigenvalue weighted by Crippen LogP contribution is 2.11. The van der Waals surface area contributed by atoms with Crippen molar-refractivity contribution < 1.29 is 9.21 Å². The first kappa shape index (κ1) is 9.00. The summed E-state index contributed by atoms with van der Waals surface area (Å²) in [6.07, 6.45) is 3.66. The maximum Gasteiger partial charge on any atom is 0.182 e. The number of carbonyl (C=O) groups excluding carboxylic acids is 1. The van der Waals surface area contributed by atoms with E-state index >= 15 is 0 Å². The van der Waals surface area contributed by atoms with Crippen LogP contribution in [0.4, 0.5) is 0 Å². The van der Waals surface area contributed by atoms with Crippen LogP contribution in [-0.4, -0.2) is 11.8 Å². The molecule has 1 rings (SSSR count). The van der Waals surface area contributed by atoms with E-state index < -0.39 is 6.04 Å². The zero-order valence-electron chi connectivity index (χ0n) is 7.33. The second-order valence-electron chi connectivity index (χ2n) is 2.85. The quantitative estimate of drug-likeness (QED) is 0.694. The van der Waals surface area contributed by atoms with Crippen LogP contribution in [0.15, 0.2) is 16.9 Å². The van der Waals surface area contributed by atoms with Gasteiger partial charge in [0, 0.05) is 0 Å². The molecule has 0 saturated heterocycles. The third-order valence-corrected chi connectivity index (χ3v) is 1.90. The van der Waals surface area contributed by atoms with Crippen LogP contribution >= 0.6 is 0 Å². The summed E-state index contributed by atoms with van der Waals surface area (Å²) >= 11 is 0. The van der Waals surface area contributed by atoms with Crippen LogP contribution in [0, 0.1) is 6.92 Å². The molecule has 0 aromatic carbocycles. The number of carbonyl (C=O) groups is 1. The summed E-state index contributed by atoms with van der Waals surface area (Å²) in [5.74, 6) is -0.0382. The molecule has 1 unspecified atom stereocenters. The SMILES string of the molecule is CCC(N)C(=O)c1cocc1C. The second-order valence-corrected chi connectivity index (χ2v) is 2.85. The maximum absolute atomic E-state index is 11.5. The molecule has 0 radical (unpaired) electrons. The summed E-state index contributed by atoms with van der Waals surface area (Å²) in [6, 6.07) is -0.402. The van der Waals surface area contributed by atoms with Crippen LogP contribution in [-0.2, 0) is 0 Å². The van der Waals surface area contributed by atoms with Gasteiger partial charge in [-0.2, -0.15) is 0 Å². The first-order valence-electron chi connectivity index (χ1n) is 3.99. The molecule has 66 valence electrons. The number of hydrogen-bond acceptors (Lipinski definition) is 3. The minimum atomic E-state index is -0.402. The highest BCUT2D eigenvalue weighted by atomic mass is 16.3. The molecule has 0 aliphatic carbocycles. The van der Waals surface area contributed by atoms with Gasteiger partial charge in [0.15, 0.2) is 5.78 Å². The normalized spacial score (nSPS) is 12.9. The molecule has 3 nitrogen and oxygen atoms in total. The van der Waals surface area contributed by atoms with Crippen LogP contribution in [0.1, 0.15) is 29.3 Å². The van der Waals surface area contributed by atoms with Crippen molar-refractivity contribution in [2.45, 2.75) is 26.3 Å². The van der Waals surface area contributed by atoms with Crippen molar-refractivity contribution >= 4 is 5.78 Å². The Kier molecular flexibility index (Phi) is 2.65. The van der Waals surface area contributed by atoms with E-state index in [-0.39, 0.29) is 5.78 Å². The third-order valence-electron chi connectivity index (χ3n) is 1.90. The Hall–Kier alpha value is -1.09. The molecule has 2 N–H and O–H groups in total. The van der Waals surface area contributed by atoms with E-state index in [1.807, 2.05) is 13.8 Å². The van der Waals surface area contributed by atoms with Crippen molar-refractivity contribution in [3.05, 3.63) is 23.7 Å². The average Bonchev–Trinajstić information content (AvgIpc) is 2.48. The topological polar surface area (TPSA) is 56.2 Å². The molecule has 0 amide bonds. The predicted molar refractivity (Wildman–Crippen MR) is 46.0 cm³/mol. The van der Waals surface area contributed by atoms with E-state index in [2.05, 4.69) is 0 Å². The number of rotatable bonds is 3. The summed E-state index contributed by atoms with van der Waals surface area (Å²) < 4.78 is 4.88. The lowest BCUT2D eigenvalue weighted by Crippen LogP contribution is -2.29. The number of Topliss-reactive ketones (excluding diaryl/α,β-unsaturated/α-hetero) is 1. The largest absolute Gasteiger partial charge is 0.472 e. The first-order valence-corrected chi connectivity index (χ1v) is 3.99. The van der Waals surface area contributed by atoms with Crippen molar-refractivity contribution in [3.63, 3.8) is 0 Å². The van der Waals surface area contributed by atoms with Crippen molar-refractivity contribution in [1.82, 2.24) is 0 Å². The van der Waals surface area contributed by atoms with E-state index in [1.54, 1.807) is 6.26 Å². The van der Waals surface area contributed by atoms with Gasteiger partial charge in [0.25, 0.3) is 0 Å². The minimum absolute atomic E-state index is 0.0382. The Balaban J connectivity index is 2.85. The van der Waals surface area contributed by atoms with Crippen LogP contribution in [0.2, 0.25) is 0 Å². The van der Waals surface area contributed by atoms with Gasteiger partial charge >= 0.3 is 0 Å². The van der Waals surface area contributed by atoms with Crippen molar-refractivity contribution in [2.24, 2.45) is 5.73 Å². The monoisotopic (exact) mass is 167 g/mol. The van der Waals surface area contributed by atoms with Gasteiger partial charge in [0.1, 0.15) is 6.26 Å². The maximum atomic E-state index is 11.5. The summed E-state index contributed by atoms with van der Waals surface area (Å²) in [7, 11) is 0. The van der Waals surface area contributed by atoms with Gasteiger partial charge in [-0.3, -0.25) is 4.79 Å². The van der Waals surface area contributed by atoms with E-state index in [4.69, 9.17) is 10.2 Å². The van der Waals surface area contributed by atoms with Crippen LogP contribution in [0.25, 0.3) is 0 Å². The van der Waals surface area contributed by atoms with Crippen molar-refractivity contribution in [3.8, 4) is 0 Å². The molecular weight excluding hydrogens is 154 g/mol. The molecule has 1 aromatic heterocycles. The standard InChI is InChI=1S/C9H13NO2/c1-3-8(10)9(11)7-5-12-4-6(7)2/h4-5,8H,3,10H2,1-2H3. The predicted octanol–water partition coefficient (Wildman–Crippen LogP) is 1.51. The van der Waals surface area contributed by atoms with Gasteiger partial charge in [-0.15, -0.1) is 0 Å². The lowest BCUT2D eigenvalue weighted by Gasteiger charge is -2.05. The Morgan fingerprint density at radius 3 is 2.75 bits per heavy atom. The Labute approximate surface area is 71.6 Å². The van der Waals surface area contributed by atoms with Gasteiger partial charge in [-0.25, -0.2) is 0 Å². The van der Waals surface area contributed by atoms with E-state index in [9.17, 15) is 4.79 Å². The lowest BCUT2D eigenvalue weighted by molar-refractivity contribution is 0.0958. The molecular formula is C9H13NO2. The molecule has 0 bridgehead atoms. The molecule has 1 atom stereocenters. The van der Waals surface area contributed by atoms with Crippen LogP contribution in [0.3, 0.4) is 0 Å². The molecule has 0 saturated carbocycles. The van der Waals surface area contributed by atoms with E-state index in [0.29, 0.717) is 12.0 Å². The molecule has 1 heterocycles. The number of hydrogen-bond donors (Lipinski definition) is 1. The molecule has 0 aliphatic heterocycles. The summed E-state index contributed by atoms with van der Waals surface area (Å²) in [5, 5.41) is 0. The van der Waals surface area contributed by atoms with Crippen LogP contribution < -0.4 is 5.73 Å². The third kappa shape index (κ3) is 1.56. The van der Waals surface area contributed by atoms with Gasteiger partial charge < -0.3 is 10.2 Å². The Morgan fingerprint density at radius 2 is 2.33 bits per heavy atom. The van der Waals surface area contributed by atoms with Gasteiger partial charge in [0.05, 0.1) is 17.9 Å². The van der Waals surface area contributed by atoms with Crippen LogP contribution in [0.5, 0.6) is 0 Å². The zero-order valence-corrected chi connectivity index (χ0v) is 7.33. The summed E-state index contributed by atoms with van der Waals surface area (Å²) in [4.78, 5) is 11.5. The highest BCUT2D eigenvalue weighted by molar-refractivity contribution is 6.00. The molecule has 0 fully saturated rings. The minimum Gasteiger partial charge on any atom is -0.472 e. The fourth-order valence-electron chi connectivity index (χ4n) is 0.998. The molecule has 12 heavy (non-hydrogen) atoms. The second kappa shape index (κ2) is 3.54.